The summed E-state index contributed by atoms with van der Waals surface area (Å²) >= 11 is 0. The van der Waals surface area contributed by atoms with Gasteiger partial charge in [-0.1, -0.05) is 6.07 Å². The van der Waals surface area contributed by atoms with Gasteiger partial charge in [-0.3, -0.25) is 0 Å². The minimum atomic E-state index is -0.790. The summed E-state index contributed by atoms with van der Waals surface area (Å²) in [6, 6.07) is 4.52. The molecule has 1 saturated heterocycles. The molecular weight excluding hydrogens is 248 g/mol. The van der Waals surface area contributed by atoms with Crippen molar-refractivity contribution in [3.05, 3.63) is 35.4 Å². The number of rotatable bonds is 4. The van der Waals surface area contributed by atoms with Gasteiger partial charge in [0, 0.05) is 38.8 Å². The molecule has 1 unspecified atom stereocenters. The van der Waals surface area contributed by atoms with E-state index in [2.05, 4.69) is 22.2 Å². The van der Waals surface area contributed by atoms with Gasteiger partial charge in [-0.05, 0) is 31.8 Å². The van der Waals surface area contributed by atoms with Gasteiger partial charge in [0.15, 0.2) is 11.6 Å². The molecule has 1 aliphatic heterocycles. The molecule has 19 heavy (non-hydrogen) atoms. The Bertz CT molecular complexity index is 425. The summed E-state index contributed by atoms with van der Waals surface area (Å²) in [7, 11) is 4.11. The van der Waals surface area contributed by atoms with Gasteiger partial charge in [-0.2, -0.15) is 0 Å². The lowest BCUT2D eigenvalue weighted by atomic mass is 10.1. The van der Waals surface area contributed by atoms with E-state index in [1.807, 2.05) is 7.05 Å². The van der Waals surface area contributed by atoms with Gasteiger partial charge in [0.25, 0.3) is 0 Å². The van der Waals surface area contributed by atoms with Crippen LogP contribution in [0.3, 0.4) is 0 Å². The fraction of sp³-hybridized carbons (Fsp3) is 0.571. The van der Waals surface area contributed by atoms with Crippen molar-refractivity contribution in [1.82, 2.24) is 15.1 Å². The topological polar surface area (TPSA) is 18.5 Å². The zero-order chi connectivity index (χ0) is 13.8. The van der Waals surface area contributed by atoms with Gasteiger partial charge < -0.3 is 15.1 Å². The summed E-state index contributed by atoms with van der Waals surface area (Å²) in [6.45, 7) is 4.61. The standard InChI is InChI=1S/C14H21F2N3/c1-18-6-5-17-12(9-18)10-19(2)8-11-3-4-13(15)14(16)7-11/h3-4,7,12,17H,5-6,8-10H2,1-2H3. The Morgan fingerprint density at radius 3 is 2.84 bits per heavy atom. The van der Waals surface area contributed by atoms with Crippen molar-refractivity contribution in [3.8, 4) is 0 Å². The minimum absolute atomic E-state index is 0.425. The lowest BCUT2D eigenvalue weighted by molar-refractivity contribution is 0.192. The average molecular weight is 269 g/mol. The van der Waals surface area contributed by atoms with E-state index in [0.717, 1.165) is 31.7 Å². The second kappa shape index (κ2) is 6.41. The zero-order valence-corrected chi connectivity index (χ0v) is 11.5. The van der Waals surface area contributed by atoms with Crippen molar-refractivity contribution in [2.45, 2.75) is 12.6 Å². The maximum atomic E-state index is 13.1. The highest BCUT2D eigenvalue weighted by Crippen LogP contribution is 2.11. The summed E-state index contributed by atoms with van der Waals surface area (Å²) < 4.78 is 26.0. The van der Waals surface area contributed by atoms with Crippen LogP contribution in [0.2, 0.25) is 0 Å². The van der Waals surface area contributed by atoms with E-state index < -0.39 is 11.6 Å². The normalized spacial score (nSPS) is 21.0. The maximum Gasteiger partial charge on any atom is 0.159 e. The van der Waals surface area contributed by atoms with Crippen molar-refractivity contribution >= 4 is 0 Å². The van der Waals surface area contributed by atoms with E-state index in [4.69, 9.17) is 0 Å². The highest BCUT2D eigenvalue weighted by atomic mass is 19.2. The molecule has 0 aromatic heterocycles. The SMILES string of the molecule is CN1CCNC(CN(C)Cc2ccc(F)c(F)c2)C1. The predicted octanol–water partition coefficient (Wildman–Crippen LogP) is 1.30. The Balaban J connectivity index is 1.86. The van der Waals surface area contributed by atoms with Crippen LogP contribution in [0.15, 0.2) is 18.2 Å². The fourth-order valence-corrected chi connectivity index (χ4v) is 2.50. The first-order chi connectivity index (χ1) is 9.04. The smallest absolute Gasteiger partial charge is 0.159 e. The quantitative estimate of drug-likeness (QED) is 0.889. The Hall–Kier alpha value is -1.04. The van der Waals surface area contributed by atoms with Gasteiger partial charge >= 0.3 is 0 Å². The second-order valence-electron chi connectivity index (χ2n) is 5.36. The van der Waals surface area contributed by atoms with Crippen molar-refractivity contribution in [2.24, 2.45) is 0 Å². The minimum Gasteiger partial charge on any atom is -0.310 e. The third-order valence-electron chi connectivity index (χ3n) is 3.43. The van der Waals surface area contributed by atoms with Crippen LogP contribution in [0.5, 0.6) is 0 Å². The molecule has 0 amide bonds. The van der Waals surface area contributed by atoms with E-state index in [1.165, 1.54) is 12.1 Å². The number of benzene rings is 1. The molecule has 1 atom stereocenters. The van der Waals surface area contributed by atoms with Crippen LogP contribution in [-0.4, -0.2) is 56.1 Å². The van der Waals surface area contributed by atoms with E-state index in [9.17, 15) is 8.78 Å². The molecule has 1 aliphatic rings. The number of piperazine rings is 1. The molecule has 0 saturated carbocycles. The summed E-state index contributed by atoms with van der Waals surface area (Å²) in [5, 5.41) is 3.47. The van der Waals surface area contributed by atoms with Crippen LogP contribution in [0.4, 0.5) is 8.78 Å². The van der Waals surface area contributed by atoms with Crippen molar-refractivity contribution in [3.63, 3.8) is 0 Å². The number of halogens is 2. The van der Waals surface area contributed by atoms with Gasteiger partial charge in [0.2, 0.25) is 0 Å². The van der Waals surface area contributed by atoms with Crippen LogP contribution in [-0.2, 0) is 6.54 Å². The molecule has 106 valence electrons. The van der Waals surface area contributed by atoms with E-state index in [1.54, 1.807) is 6.07 Å². The summed E-state index contributed by atoms with van der Waals surface area (Å²) in [4.78, 5) is 4.43. The summed E-state index contributed by atoms with van der Waals surface area (Å²) in [6.07, 6.45) is 0. The van der Waals surface area contributed by atoms with Crippen molar-refractivity contribution < 1.29 is 8.78 Å². The number of likely N-dealkylation sites (N-methyl/N-ethyl adjacent to an activating group) is 2. The molecule has 1 fully saturated rings. The maximum absolute atomic E-state index is 13.1. The van der Waals surface area contributed by atoms with Crippen LogP contribution in [0.1, 0.15) is 5.56 Å². The lowest BCUT2D eigenvalue weighted by Crippen LogP contribution is -2.53. The lowest BCUT2D eigenvalue weighted by Gasteiger charge is -2.33. The van der Waals surface area contributed by atoms with Gasteiger partial charge in [0.1, 0.15) is 0 Å². The van der Waals surface area contributed by atoms with Gasteiger partial charge in [-0.25, -0.2) is 8.78 Å². The molecule has 1 heterocycles. The number of hydrogen-bond donors (Lipinski definition) is 1. The monoisotopic (exact) mass is 269 g/mol. The molecule has 1 aromatic carbocycles. The molecule has 5 heteroatoms. The van der Waals surface area contributed by atoms with Gasteiger partial charge in [0.05, 0.1) is 0 Å². The molecule has 3 nitrogen and oxygen atoms in total. The Morgan fingerprint density at radius 2 is 2.16 bits per heavy atom. The molecular formula is C14H21F2N3. The molecule has 1 aromatic rings. The third-order valence-corrected chi connectivity index (χ3v) is 3.43. The Kier molecular flexibility index (Phi) is 4.85. The van der Waals surface area contributed by atoms with E-state index >= 15 is 0 Å². The fourth-order valence-electron chi connectivity index (χ4n) is 2.50. The van der Waals surface area contributed by atoms with Crippen molar-refractivity contribution in [2.75, 3.05) is 40.3 Å². The van der Waals surface area contributed by atoms with Crippen LogP contribution in [0, 0.1) is 11.6 Å². The molecule has 0 radical (unpaired) electrons. The molecule has 0 spiro atoms. The second-order valence-corrected chi connectivity index (χ2v) is 5.36. The average Bonchev–Trinajstić information content (AvgIpc) is 2.34. The first-order valence-electron chi connectivity index (χ1n) is 6.59. The Labute approximate surface area is 113 Å². The van der Waals surface area contributed by atoms with Crippen LogP contribution in [0.25, 0.3) is 0 Å². The van der Waals surface area contributed by atoms with E-state index in [0.29, 0.717) is 12.6 Å². The molecule has 2 rings (SSSR count). The highest BCUT2D eigenvalue weighted by Gasteiger charge is 2.18. The first kappa shape index (κ1) is 14.4. The molecule has 0 aliphatic carbocycles. The van der Waals surface area contributed by atoms with Gasteiger partial charge in [-0.15, -0.1) is 0 Å². The molecule has 1 N–H and O–H groups in total. The van der Waals surface area contributed by atoms with Crippen molar-refractivity contribution in [1.29, 1.82) is 0 Å². The zero-order valence-electron chi connectivity index (χ0n) is 11.5. The van der Waals surface area contributed by atoms with E-state index in [-0.39, 0.29) is 0 Å². The van der Waals surface area contributed by atoms with Crippen LogP contribution >= 0.6 is 0 Å². The first-order valence-corrected chi connectivity index (χ1v) is 6.59. The Morgan fingerprint density at radius 1 is 1.37 bits per heavy atom. The number of nitrogens with one attached hydrogen (secondary N) is 1. The number of nitrogens with zero attached hydrogens (tertiary/aromatic N) is 2. The summed E-state index contributed by atoms with van der Waals surface area (Å²) in [5.41, 5.74) is 0.797. The highest BCUT2D eigenvalue weighted by molar-refractivity contribution is 5.17. The summed E-state index contributed by atoms with van der Waals surface area (Å²) in [5.74, 6) is -1.57. The predicted molar refractivity (Wildman–Crippen MR) is 72.0 cm³/mol. The number of hydrogen-bond acceptors (Lipinski definition) is 3. The van der Waals surface area contributed by atoms with Crippen LogP contribution < -0.4 is 5.32 Å². The largest absolute Gasteiger partial charge is 0.310 e. The third kappa shape index (κ3) is 4.23. The molecule has 0 bridgehead atoms.